The van der Waals surface area contributed by atoms with Crippen molar-refractivity contribution in [3.8, 4) is 0 Å². The number of nitrogens with zero attached hydrogens (tertiary/aromatic N) is 1. The van der Waals surface area contributed by atoms with Crippen LogP contribution in [0.2, 0.25) is 5.02 Å². The van der Waals surface area contributed by atoms with Crippen molar-refractivity contribution in [3.05, 3.63) is 59.1 Å². The Labute approximate surface area is 159 Å². The van der Waals surface area contributed by atoms with Gasteiger partial charge in [0.15, 0.2) is 0 Å². The molecule has 3 N–H and O–H groups in total. The van der Waals surface area contributed by atoms with Gasteiger partial charge in [0, 0.05) is 17.1 Å². The number of piperidine rings is 1. The summed E-state index contributed by atoms with van der Waals surface area (Å²) >= 11 is 6.07. The van der Waals surface area contributed by atoms with Gasteiger partial charge in [-0.15, -0.1) is 0 Å². The van der Waals surface area contributed by atoms with Gasteiger partial charge >= 0.3 is 0 Å². The van der Waals surface area contributed by atoms with Gasteiger partial charge in [-0.3, -0.25) is 9.69 Å². The number of carbonyl (C=O) groups is 1. The summed E-state index contributed by atoms with van der Waals surface area (Å²) in [7, 11) is 2.15. The first-order chi connectivity index (χ1) is 12.5. The molecular weight excluding hydrogens is 346 g/mol. The molecule has 0 aliphatic carbocycles. The SMILES string of the molecule is CN1C2CC[C@@H]1C[C@H](c1ccc(Cl)cc1)C2C(=O)Nc1ccccc1N. The minimum absolute atomic E-state index is 0.0556. The molecule has 2 aromatic rings. The highest BCUT2D eigenvalue weighted by atomic mass is 35.5. The number of anilines is 2. The lowest BCUT2D eigenvalue weighted by molar-refractivity contribution is -0.124. The standard InChI is InChI=1S/C21H24ClN3O/c1-25-15-10-11-19(25)20(16(12-15)13-6-8-14(22)9-7-13)21(26)24-18-5-3-2-4-17(18)23/h2-9,15-16,19-20H,10-12,23H2,1H3,(H,24,26)/t15-,16-,19?,20?/m1/s1. The second-order valence-electron chi connectivity index (χ2n) is 7.46. The molecule has 0 aromatic heterocycles. The Bertz CT molecular complexity index is 807. The molecular formula is C21H24ClN3O. The van der Waals surface area contributed by atoms with Gasteiger partial charge in [-0.05, 0) is 62.1 Å². The molecule has 4 nitrogen and oxygen atoms in total. The van der Waals surface area contributed by atoms with Crippen LogP contribution in [0, 0.1) is 5.92 Å². The zero-order valence-corrected chi connectivity index (χ0v) is 15.6. The molecule has 1 amide bonds. The lowest BCUT2D eigenvalue weighted by atomic mass is 9.75. The first-order valence-corrected chi connectivity index (χ1v) is 9.55. The van der Waals surface area contributed by atoms with Crippen molar-refractivity contribution in [2.45, 2.75) is 37.3 Å². The maximum absolute atomic E-state index is 13.3. The topological polar surface area (TPSA) is 58.4 Å². The summed E-state index contributed by atoms with van der Waals surface area (Å²) in [5.74, 6) is 0.158. The van der Waals surface area contributed by atoms with Gasteiger partial charge in [-0.25, -0.2) is 0 Å². The molecule has 4 rings (SSSR count). The predicted octanol–water partition coefficient (Wildman–Crippen LogP) is 4.13. The molecule has 0 saturated carbocycles. The molecule has 2 unspecified atom stereocenters. The number of hydrogen-bond donors (Lipinski definition) is 2. The molecule has 2 aliphatic heterocycles. The first kappa shape index (κ1) is 17.4. The summed E-state index contributed by atoms with van der Waals surface area (Å²) in [6.45, 7) is 0. The van der Waals surface area contributed by atoms with Crippen LogP contribution in [0.5, 0.6) is 0 Å². The number of fused-ring (bicyclic) bond motifs is 2. The minimum atomic E-state index is -0.0977. The number of nitrogens with two attached hydrogens (primary N) is 1. The van der Waals surface area contributed by atoms with Gasteiger partial charge in [0.05, 0.1) is 17.3 Å². The van der Waals surface area contributed by atoms with E-state index in [0.29, 0.717) is 17.4 Å². The Morgan fingerprint density at radius 2 is 1.88 bits per heavy atom. The summed E-state index contributed by atoms with van der Waals surface area (Å²) in [6.07, 6.45) is 3.22. The van der Waals surface area contributed by atoms with Gasteiger partial charge in [0.25, 0.3) is 0 Å². The smallest absolute Gasteiger partial charge is 0.229 e. The summed E-state index contributed by atoms with van der Waals surface area (Å²) in [5.41, 5.74) is 8.50. The van der Waals surface area contributed by atoms with E-state index in [1.165, 1.54) is 5.56 Å². The Hall–Kier alpha value is -2.04. The van der Waals surface area contributed by atoms with E-state index in [2.05, 4.69) is 29.4 Å². The number of nitrogens with one attached hydrogen (secondary N) is 1. The maximum Gasteiger partial charge on any atom is 0.229 e. The largest absolute Gasteiger partial charge is 0.397 e. The first-order valence-electron chi connectivity index (χ1n) is 9.17. The number of amides is 1. The number of carbonyl (C=O) groups excluding carboxylic acids is 1. The van der Waals surface area contributed by atoms with Gasteiger partial charge < -0.3 is 11.1 Å². The second kappa shape index (κ2) is 6.93. The van der Waals surface area contributed by atoms with Gasteiger partial charge in [-0.1, -0.05) is 35.9 Å². The third kappa shape index (κ3) is 3.08. The van der Waals surface area contributed by atoms with E-state index in [1.54, 1.807) is 0 Å². The lowest BCUT2D eigenvalue weighted by Crippen LogP contribution is -2.50. The molecule has 2 saturated heterocycles. The number of nitrogen functional groups attached to an aromatic ring is 1. The van der Waals surface area contributed by atoms with Crippen LogP contribution in [-0.4, -0.2) is 29.9 Å². The fourth-order valence-electron chi connectivity index (χ4n) is 4.70. The van der Waals surface area contributed by atoms with Crippen molar-refractivity contribution in [1.29, 1.82) is 0 Å². The number of benzene rings is 2. The molecule has 2 heterocycles. The van der Waals surface area contributed by atoms with Crippen molar-refractivity contribution < 1.29 is 4.79 Å². The highest BCUT2D eigenvalue weighted by molar-refractivity contribution is 6.30. The van der Waals surface area contributed by atoms with E-state index in [1.807, 2.05) is 36.4 Å². The molecule has 2 fully saturated rings. The van der Waals surface area contributed by atoms with E-state index in [4.69, 9.17) is 17.3 Å². The molecule has 5 heteroatoms. The summed E-state index contributed by atoms with van der Waals surface area (Å²) in [5, 5.41) is 3.80. The molecule has 136 valence electrons. The number of hydrogen-bond acceptors (Lipinski definition) is 3. The zero-order valence-electron chi connectivity index (χ0n) is 14.9. The fraction of sp³-hybridized carbons (Fsp3) is 0.381. The predicted molar refractivity (Wildman–Crippen MR) is 106 cm³/mol. The zero-order chi connectivity index (χ0) is 18.3. The van der Waals surface area contributed by atoms with Crippen LogP contribution < -0.4 is 11.1 Å². The van der Waals surface area contributed by atoms with E-state index < -0.39 is 0 Å². The van der Waals surface area contributed by atoms with Crippen molar-refractivity contribution in [1.82, 2.24) is 4.90 Å². The third-order valence-corrected chi connectivity index (χ3v) is 6.34. The quantitative estimate of drug-likeness (QED) is 0.800. The molecule has 26 heavy (non-hydrogen) atoms. The van der Waals surface area contributed by atoms with Crippen LogP contribution in [0.15, 0.2) is 48.5 Å². The Morgan fingerprint density at radius 3 is 2.62 bits per heavy atom. The summed E-state index contributed by atoms with van der Waals surface area (Å²) in [6, 6.07) is 16.2. The Balaban J connectivity index is 1.65. The summed E-state index contributed by atoms with van der Waals surface area (Å²) in [4.78, 5) is 15.7. The number of rotatable bonds is 3. The van der Waals surface area contributed by atoms with Crippen molar-refractivity contribution in [2.75, 3.05) is 18.1 Å². The molecule has 4 atom stereocenters. The third-order valence-electron chi connectivity index (χ3n) is 6.09. The van der Waals surface area contributed by atoms with Crippen molar-refractivity contribution >= 4 is 28.9 Å². The molecule has 2 aromatic carbocycles. The van der Waals surface area contributed by atoms with Crippen molar-refractivity contribution in [2.24, 2.45) is 5.92 Å². The average molecular weight is 370 g/mol. The number of halogens is 1. The van der Waals surface area contributed by atoms with E-state index >= 15 is 0 Å². The van der Waals surface area contributed by atoms with Gasteiger partial charge in [0.1, 0.15) is 0 Å². The van der Waals surface area contributed by atoms with E-state index in [9.17, 15) is 4.79 Å². The normalized spacial score (nSPS) is 28.1. The van der Waals surface area contributed by atoms with Crippen LogP contribution in [0.1, 0.15) is 30.7 Å². The molecule has 2 bridgehead atoms. The Kier molecular flexibility index (Phi) is 4.63. The minimum Gasteiger partial charge on any atom is -0.397 e. The molecule has 0 radical (unpaired) electrons. The van der Waals surface area contributed by atoms with Crippen molar-refractivity contribution in [3.63, 3.8) is 0 Å². The molecule has 0 spiro atoms. The summed E-state index contributed by atoms with van der Waals surface area (Å²) < 4.78 is 0. The van der Waals surface area contributed by atoms with Crippen LogP contribution in [0.25, 0.3) is 0 Å². The maximum atomic E-state index is 13.3. The van der Waals surface area contributed by atoms with E-state index in [0.717, 1.165) is 24.3 Å². The van der Waals surface area contributed by atoms with Crippen LogP contribution >= 0.6 is 11.6 Å². The van der Waals surface area contributed by atoms with Gasteiger partial charge in [-0.2, -0.15) is 0 Å². The van der Waals surface area contributed by atoms with Crippen LogP contribution in [0.4, 0.5) is 11.4 Å². The highest BCUT2D eigenvalue weighted by Gasteiger charge is 2.49. The fourth-order valence-corrected chi connectivity index (χ4v) is 4.83. The molecule has 2 aliphatic rings. The average Bonchev–Trinajstić information content (AvgIpc) is 2.87. The van der Waals surface area contributed by atoms with Crippen LogP contribution in [0.3, 0.4) is 0 Å². The lowest BCUT2D eigenvalue weighted by Gasteiger charge is -2.42. The van der Waals surface area contributed by atoms with Gasteiger partial charge in [0.2, 0.25) is 5.91 Å². The van der Waals surface area contributed by atoms with E-state index in [-0.39, 0.29) is 23.8 Å². The number of para-hydroxylation sites is 2. The highest BCUT2D eigenvalue weighted by Crippen LogP contribution is 2.46. The second-order valence-corrected chi connectivity index (χ2v) is 7.90. The van der Waals surface area contributed by atoms with Crippen LogP contribution in [-0.2, 0) is 4.79 Å². The monoisotopic (exact) mass is 369 g/mol. The Morgan fingerprint density at radius 1 is 1.15 bits per heavy atom.